The maximum atomic E-state index is 13.1. The molecule has 2 rings (SSSR count). The number of aliphatic carboxylic acids is 1. The molecule has 0 aliphatic carbocycles. The molecule has 1 heterocycles. The monoisotopic (exact) mass is 374 g/mol. The Morgan fingerprint density at radius 3 is 2.96 bits per heavy atom. The summed E-state index contributed by atoms with van der Waals surface area (Å²) < 4.78 is 24.0. The molecule has 9 heteroatoms. The number of hydrogen-bond acceptors (Lipinski definition) is 5. The van der Waals surface area contributed by atoms with Crippen molar-refractivity contribution in [3.63, 3.8) is 0 Å². The number of hydrogen-bond donors (Lipinski definition) is 1. The number of carbonyl (C=O) groups excluding carboxylic acids is 1. The Bertz CT molecular complexity index is 631. The number of carboxylic acid groups (broad SMARTS) is 1. The van der Waals surface area contributed by atoms with Crippen LogP contribution in [0.1, 0.15) is 0 Å². The minimum atomic E-state index is -0.919. The van der Waals surface area contributed by atoms with Gasteiger partial charge in [0.15, 0.2) is 6.61 Å². The zero-order chi connectivity index (χ0) is 18.4. The molecule has 0 aromatic heterocycles. The van der Waals surface area contributed by atoms with Gasteiger partial charge in [-0.1, -0.05) is 11.6 Å². The Hall–Kier alpha value is -1.90. The van der Waals surface area contributed by atoms with Crippen LogP contribution in [-0.4, -0.2) is 79.3 Å². The molecule has 1 aromatic rings. The standard InChI is InChI=1S/C16H20ClFN2O5/c1-19(9-16(22)23)7-12-8-20(4-5-24-12)15(21)10-25-11-2-3-14(18)13(17)6-11/h2-3,6,12H,4-5,7-10H2,1H3,(H,22,23)/t12-/m0/s1. The first kappa shape index (κ1) is 19.4. The van der Waals surface area contributed by atoms with Crippen LogP contribution in [0.4, 0.5) is 4.39 Å². The van der Waals surface area contributed by atoms with Gasteiger partial charge in [-0.15, -0.1) is 0 Å². The van der Waals surface area contributed by atoms with Crippen LogP contribution in [0.15, 0.2) is 18.2 Å². The van der Waals surface area contributed by atoms with E-state index in [4.69, 9.17) is 26.2 Å². The van der Waals surface area contributed by atoms with Gasteiger partial charge in [0.25, 0.3) is 5.91 Å². The van der Waals surface area contributed by atoms with Crippen molar-refractivity contribution < 1.29 is 28.6 Å². The summed E-state index contributed by atoms with van der Waals surface area (Å²) in [4.78, 5) is 26.2. The van der Waals surface area contributed by atoms with Crippen molar-refractivity contribution in [1.29, 1.82) is 0 Å². The lowest BCUT2D eigenvalue weighted by atomic mass is 10.2. The van der Waals surface area contributed by atoms with Gasteiger partial charge in [-0.3, -0.25) is 14.5 Å². The van der Waals surface area contributed by atoms with Crippen molar-refractivity contribution in [1.82, 2.24) is 9.80 Å². The summed E-state index contributed by atoms with van der Waals surface area (Å²) in [6.07, 6.45) is -0.262. The highest BCUT2D eigenvalue weighted by molar-refractivity contribution is 6.30. The highest BCUT2D eigenvalue weighted by atomic mass is 35.5. The van der Waals surface area contributed by atoms with Crippen molar-refractivity contribution in [3.05, 3.63) is 29.0 Å². The van der Waals surface area contributed by atoms with Gasteiger partial charge in [-0.05, 0) is 19.2 Å². The van der Waals surface area contributed by atoms with Gasteiger partial charge in [-0.2, -0.15) is 0 Å². The second kappa shape index (κ2) is 8.98. The molecule has 1 atom stereocenters. The van der Waals surface area contributed by atoms with Crippen LogP contribution in [0.3, 0.4) is 0 Å². The molecule has 0 bridgehead atoms. The summed E-state index contributed by atoms with van der Waals surface area (Å²) >= 11 is 5.67. The zero-order valence-electron chi connectivity index (χ0n) is 13.8. The maximum Gasteiger partial charge on any atom is 0.317 e. The van der Waals surface area contributed by atoms with Gasteiger partial charge in [0.1, 0.15) is 11.6 Å². The van der Waals surface area contributed by atoms with E-state index in [-0.39, 0.29) is 30.2 Å². The lowest BCUT2D eigenvalue weighted by molar-refractivity contribution is -0.143. The van der Waals surface area contributed by atoms with E-state index < -0.39 is 11.8 Å². The Kier molecular flexibility index (Phi) is 6.98. The molecule has 1 aliphatic rings. The minimum absolute atomic E-state index is 0.0714. The summed E-state index contributed by atoms with van der Waals surface area (Å²) in [5.41, 5.74) is 0. The molecule has 1 N–H and O–H groups in total. The first-order chi connectivity index (χ1) is 11.8. The maximum absolute atomic E-state index is 13.1. The summed E-state index contributed by atoms with van der Waals surface area (Å²) in [6.45, 7) is 1.29. The number of likely N-dealkylation sites (N-methyl/N-ethyl adjacent to an activating group) is 1. The highest BCUT2D eigenvalue weighted by Crippen LogP contribution is 2.21. The van der Waals surface area contributed by atoms with Crippen molar-refractivity contribution in [2.24, 2.45) is 0 Å². The molecule has 0 unspecified atom stereocenters. The normalized spacial score (nSPS) is 17.6. The van der Waals surface area contributed by atoms with Gasteiger partial charge < -0.3 is 19.5 Å². The number of morpholine rings is 1. The number of rotatable bonds is 7. The first-order valence-corrected chi connectivity index (χ1v) is 8.10. The predicted octanol–water partition coefficient (Wildman–Crippen LogP) is 1.10. The number of nitrogens with zero attached hydrogens (tertiary/aromatic N) is 2. The second-order valence-electron chi connectivity index (χ2n) is 5.79. The first-order valence-electron chi connectivity index (χ1n) is 7.72. The van der Waals surface area contributed by atoms with Crippen LogP contribution in [0.5, 0.6) is 5.75 Å². The van der Waals surface area contributed by atoms with Crippen molar-refractivity contribution in [3.8, 4) is 5.75 Å². The SMILES string of the molecule is CN(CC(=O)O)C[C@H]1CN(C(=O)COc2ccc(F)c(Cl)c2)CCO1. The Labute approximate surface area is 149 Å². The molecule has 1 saturated heterocycles. The number of benzene rings is 1. The number of halogens is 2. The van der Waals surface area contributed by atoms with E-state index in [2.05, 4.69) is 0 Å². The molecule has 138 valence electrons. The van der Waals surface area contributed by atoms with Gasteiger partial charge in [0, 0.05) is 25.7 Å². The number of carbonyl (C=O) groups is 2. The Morgan fingerprint density at radius 1 is 1.52 bits per heavy atom. The number of amides is 1. The molecular weight excluding hydrogens is 355 g/mol. The summed E-state index contributed by atoms with van der Waals surface area (Å²) in [5.74, 6) is -1.39. The van der Waals surface area contributed by atoms with Crippen LogP contribution in [0.2, 0.25) is 5.02 Å². The van der Waals surface area contributed by atoms with Crippen molar-refractivity contribution in [2.75, 3.05) is 46.4 Å². The third kappa shape index (κ3) is 6.15. The molecule has 1 aromatic carbocycles. The fourth-order valence-electron chi connectivity index (χ4n) is 2.50. The largest absolute Gasteiger partial charge is 0.484 e. The number of carboxylic acids is 1. The second-order valence-corrected chi connectivity index (χ2v) is 6.19. The van der Waals surface area contributed by atoms with Crippen molar-refractivity contribution >= 4 is 23.5 Å². The fourth-order valence-corrected chi connectivity index (χ4v) is 2.67. The van der Waals surface area contributed by atoms with Crippen molar-refractivity contribution in [2.45, 2.75) is 6.10 Å². The van der Waals surface area contributed by atoms with Crippen LogP contribution < -0.4 is 4.74 Å². The van der Waals surface area contributed by atoms with Crippen LogP contribution in [-0.2, 0) is 14.3 Å². The van der Waals surface area contributed by atoms with E-state index in [0.29, 0.717) is 32.0 Å². The lowest BCUT2D eigenvalue weighted by Crippen LogP contribution is -2.50. The molecular formula is C16H20ClFN2O5. The lowest BCUT2D eigenvalue weighted by Gasteiger charge is -2.34. The molecule has 25 heavy (non-hydrogen) atoms. The van der Waals surface area contributed by atoms with E-state index >= 15 is 0 Å². The summed E-state index contributed by atoms with van der Waals surface area (Å²) in [7, 11) is 1.68. The quantitative estimate of drug-likeness (QED) is 0.770. The summed E-state index contributed by atoms with van der Waals surface area (Å²) in [6, 6.07) is 3.88. The minimum Gasteiger partial charge on any atom is -0.484 e. The topological polar surface area (TPSA) is 79.3 Å². The molecule has 0 saturated carbocycles. The predicted molar refractivity (Wildman–Crippen MR) is 88.4 cm³/mol. The van der Waals surface area contributed by atoms with E-state index in [9.17, 15) is 14.0 Å². The van der Waals surface area contributed by atoms with Crippen LogP contribution >= 0.6 is 11.6 Å². The van der Waals surface area contributed by atoms with Crippen LogP contribution in [0.25, 0.3) is 0 Å². The van der Waals surface area contributed by atoms with Crippen LogP contribution in [0, 0.1) is 5.82 Å². The molecule has 1 fully saturated rings. The van der Waals surface area contributed by atoms with E-state index in [1.54, 1.807) is 16.8 Å². The van der Waals surface area contributed by atoms with E-state index in [1.165, 1.54) is 18.2 Å². The molecule has 0 spiro atoms. The zero-order valence-corrected chi connectivity index (χ0v) is 14.5. The van der Waals surface area contributed by atoms with E-state index in [1.807, 2.05) is 0 Å². The van der Waals surface area contributed by atoms with E-state index in [0.717, 1.165) is 0 Å². The van der Waals surface area contributed by atoms with Gasteiger partial charge in [-0.25, -0.2) is 4.39 Å². The number of ether oxygens (including phenoxy) is 2. The molecule has 1 aliphatic heterocycles. The highest BCUT2D eigenvalue weighted by Gasteiger charge is 2.25. The van der Waals surface area contributed by atoms with Gasteiger partial charge in [0.2, 0.25) is 0 Å². The van der Waals surface area contributed by atoms with Gasteiger partial charge in [0.05, 0.1) is 24.3 Å². The molecule has 0 radical (unpaired) electrons. The third-order valence-electron chi connectivity index (χ3n) is 3.67. The average molecular weight is 375 g/mol. The average Bonchev–Trinajstić information content (AvgIpc) is 2.55. The Balaban J connectivity index is 1.82. The summed E-state index contributed by atoms with van der Waals surface area (Å²) in [5, 5.41) is 8.70. The Morgan fingerprint density at radius 2 is 2.28 bits per heavy atom. The van der Waals surface area contributed by atoms with Gasteiger partial charge >= 0.3 is 5.97 Å². The molecule has 7 nitrogen and oxygen atoms in total. The third-order valence-corrected chi connectivity index (χ3v) is 3.95. The fraction of sp³-hybridized carbons (Fsp3) is 0.500. The molecule has 1 amide bonds. The smallest absolute Gasteiger partial charge is 0.317 e.